The number of nitro benzene ring substituents is 1. The Hall–Kier alpha value is -0.990. The molecule has 0 aliphatic carbocycles. The van der Waals surface area contributed by atoms with Crippen molar-refractivity contribution >= 4 is 31.5 Å². The molecular formula is C10H12BrNO5S. The van der Waals surface area contributed by atoms with Gasteiger partial charge < -0.3 is 5.11 Å². The van der Waals surface area contributed by atoms with Crippen LogP contribution in [-0.4, -0.2) is 28.4 Å². The molecule has 0 saturated heterocycles. The fourth-order valence-electron chi connectivity index (χ4n) is 1.33. The van der Waals surface area contributed by atoms with E-state index >= 15 is 0 Å². The largest absolute Gasteiger partial charge is 0.386 e. The number of nitrogens with zero attached hydrogens (tertiary/aromatic N) is 1. The highest BCUT2D eigenvalue weighted by atomic mass is 79.9. The molecule has 18 heavy (non-hydrogen) atoms. The first kappa shape index (κ1) is 15.1. The number of sulfone groups is 1. The van der Waals surface area contributed by atoms with Gasteiger partial charge >= 0.3 is 0 Å². The van der Waals surface area contributed by atoms with Crippen LogP contribution in [0.5, 0.6) is 0 Å². The number of aliphatic hydroxyl groups excluding tert-OH is 1. The number of non-ortho nitro benzene ring substituents is 1. The Labute approximate surface area is 113 Å². The number of halogens is 1. The van der Waals surface area contributed by atoms with Gasteiger partial charge in [-0.1, -0.05) is 35.0 Å². The second kappa shape index (κ2) is 5.77. The second-order valence-electron chi connectivity index (χ2n) is 3.60. The van der Waals surface area contributed by atoms with E-state index in [1.54, 1.807) is 0 Å². The van der Waals surface area contributed by atoms with Gasteiger partial charge in [-0.25, -0.2) is 8.42 Å². The van der Waals surface area contributed by atoms with E-state index in [4.69, 9.17) is 0 Å². The maximum Gasteiger partial charge on any atom is 0.269 e. The summed E-state index contributed by atoms with van der Waals surface area (Å²) in [5.41, 5.74) is -0.0109. The fourth-order valence-corrected chi connectivity index (χ4v) is 3.30. The Balaban J connectivity index is 3.08. The number of aliphatic hydroxyl groups is 1. The van der Waals surface area contributed by atoms with E-state index in [2.05, 4.69) is 15.9 Å². The van der Waals surface area contributed by atoms with Crippen molar-refractivity contribution in [2.75, 3.05) is 5.75 Å². The zero-order valence-corrected chi connectivity index (χ0v) is 11.9. The minimum Gasteiger partial charge on any atom is -0.386 e. The van der Waals surface area contributed by atoms with Crippen LogP contribution in [0.3, 0.4) is 0 Å². The van der Waals surface area contributed by atoms with Gasteiger partial charge in [0.05, 0.1) is 4.92 Å². The molecule has 2 atom stereocenters. The molecule has 0 amide bonds. The molecule has 0 heterocycles. The lowest BCUT2D eigenvalue weighted by atomic mass is 10.1. The van der Waals surface area contributed by atoms with Crippen LogP contribution in [-0.2, 0) is 9.84 Å². The highest BCUT2D eigenvalue weighted by Crippen LogP contribution is 2.29. The third-order valence-corrected chi connectivity index (χ3v) is 6.37. The van der Waals surface area contributed by atoms with Crippen LogP contribution in [0.4, 0.5) is 5.69 Å². The van der Waals surface area contributed by atoms with Crippen molar-refractivity contribution < 1.29 is 18.4 Å². The van der Waals surface area contributed by atoms with E-state index in [0.717, 1.165) is 6.07 Å². The van der Waals surface area contributed by atoms with Crippen molar-refractivity contribution in [3.63, 3.8) is 0 Å². The third kappa shape index (κ3) is 3.27. The quantitative estimate of drug-likeness (QED) is 0.501. The molecule has 100 valence electrons. The SMILES string of the molecule is CCS(=O)(=O)[C@H](Br)[C@@H](O)c1cccc([N+](=O)[O-])c1. The lowest BCUT2D eigenvalue weighted by Crippen LogP contribution is -2.24. The molecule has 1 rings (SSSR count). The number of rotatable bonds is 5. The summed E-state index contributed by atoms with van der Waals surface area (Å²) in [7, 11) is -3.48. The normalized spacial score (nSPS) is 15.1. The maximum atomic E-state index is 11.6. The zero-order chi connectivity index (χ0) is 13.9. The van der Waals surface area contributed by atoms with E-state index in [1.807, 2.05) is 0 Å². The fraction of sp³-hybridized carbons (Fsp3) is 0.400. The Kier molecular flexibility index (Phi) is 4.83. The molecule has 0 radical (unpaired) electrons. The first-order chi connectivity index (χ1) is 8.29. The number of hydrogen-bond acceptors (Lipinski definition) is 5. The number of alkyl halides is 1. The summed E-state index contributed by atoms with van der Waals surface area (Å²) in [6.45, 7) is 1.46. The highest BCUT2D eigenvalue weighted by Gasteiger charge is 2.30. The molecule has 0 spiro atoms. The first-order valence-corrected chi connectivity index (χ1v) is 7.70. The molecule has 8 heteroatoms. The van der Waals surface area contributed by atoms with Crippen LogP contribution in [0.25, 0.3) is 0 Å². The second-order valence-corrected chi connectivity index (χ2v) is 7.60. The maximum absolute atomic E-state index is 11.6. The van der Waals surface area contributed by atoms with Gasteiger partial charge in [0, 0.05) is 17.9 Å². The Morgan fingerprint density at radius 1 is 1.50 bits per heavy atom. The third-order valence-electron chi connectivity index (χ3n) is 2.42. The molecule has 0 fully saturated rings. The number of hydrogen-bond donors (Lipinski definition) is 1. The highest BCUT2D eigenvalue weighted by molar-refractivity contribution is 9.11. The summed E-state index contributed by atoms with van der Waals surface area (Å²) in [5.74, 6) is -0.130. The predicted octanol–water partition coefficient (Wildman–Crippen LogP) is 1.78. The number of nitro groups is 1. The lowest BCUT2D eigenvalue weighted by Gasteiger charge is -2.17. The van der Waals surface area contributed by atoms with E-state index in [1.165, 1.54) is 25.1 Å². The molecule has 0 saturated carbocycles. The van der Waals surface area contributed by atoms with Crippen LogP contribution < -0.4 is 0 Å². The van der Waals surface area contributed by atoms with Crippen molar-refractivity contribution in [3.8, 4) is 0 Å². The summed E-state index contributed by atoms with van der Waals surface area (Å²) in [5, 5.41) is 20.5. The van der Waals surface area contributed by atoms with Gasteiger partial charge in [0.2, 0.25) is 0 Å². The topological polar surface area (TPSA) is 97.5 Å². The van der Waals surface area contributed by atoms with E-state index in [0.29, 0.717) is 0 Å². The van der Waals surface area contributed by atoms with E-state index in [9.17, 15) is 23.6 Å². The summed E-state index contributed by atoms with van der Waals surface area (Å²) in [6.07, 6.45) is -1.35. The molecule has 6 nitrogen and oxygen atoms in total. The van der Waals surface area contributed by atoms with Gasteiger partial charge in [-0.3, -0.25) is 10.1 Å². The van der Waals surface area contributed by atoms with E-state index < -0.39 is 25.0 Å². The first-order valence-electron chi connectivity index (χ1n) is 5.07. The van der Waals surface area contributed by atoms with Gasteiger partial charge in [-0.05, 0) is 5.56 Å². The standard InChI is InChI=1S/C10H12BrNO5S/c1-2-18(16,17)10(11)9(13)7-4-3-5-8(6-7)12(14)15/h3-6,9-10,13H,2H2,1H3/t9-,10-/m0/s1. The van der Waals surface area contributed by atoms with Crippen molar-refractivity contribution in [2.45, 2.75) is 17.2 Å². The van der Waals surface area contributed by atoms with Crippen molar-refractivity contribution in [1.29, 1.82) is 0 Å². The van der Waals surface area contributed by atoms with Crippen molar-refractivity contribution in [3.05, 3.63) is 39.9 Å². The van der Waals surface area contributed by atoms with Crippen LogP contribution in [0.15, 0.2) is 24.3 Å². The minimum atomic E-state index is -3.48. The molecular weight excluding hydrogens is 326 g/mol. The van der Waals surface area contributed by atoms with Gasteiger partial charge in [0.15, 0.2) is 9.84 Å². The van der Waals surface area contributed by atoms with Crippen LogP contribution in [0.2, 0.25) is 0 Å². The Morgan fingerprint density at radius 3 is 2.61 bits per heavy atom. The smallest absolute Gasteiger partial charge is 0.269 e. The Bertz CT molecular complexity index is 545. The van der Waals surface area contributed by atoms with Crippen molar-refractivity contribution in [2.24, 2.45) is 0 Å². The van der Waals surface area contributed by atoms with Gasteiger partial charge in [-0.2, -0.15) is 0 Å². The lowest BCUT2D eigenvalue weighted by molar-refractivity contribution is -0.385. The van der Waals surface area contributed by atoms with Crippen LogP contribution in [0, 0.1) is 10.1 Å². The molecule has 1 N–H and O–H groups in total. The minimum absolute atomic E-state index is 0.130. The molecule has 0 aliphatic heterocycles. The molecule has 0 aliphatic rings. The average Bonchev–Trinajstić information content (AvgIpc) is 2.37. The summed E-state index contributed by atoms with van der Waals surface area (Å²) < 4.78 is 22.0. The molecule has 1 aromatic rings. The average molecular weight is 338 g/mol. The summed E-state index contributed by atoms with van der Waals surface area (Å²) >= 11 is 2.92. The predicted molar refractivity (Wildman–Crippen MR) is 70.2 cm³/mol. The molecule has 0 unspecified atom stereocenters. The van der Waals surface area contributed by atoms with Crippen molar-refractivity contribution in [1.82, 2.24) is 0 Å². The summed E-state index contributed by atoms with van der Waals surface area (Å²) in [6, 6.07) is 5.27. The molecule has 1 aromatic carbocycles. The molecule has 0 aromatic heterocycles. The zero-order valence-electron chi connectivity index (χ0n) is 9.48. The van der Waals surface area contributed by atoms with Crippen LogP contribution in [0.1, 0.15) is 18.6 Å². The van der Waals surface area contributed by atoms with Gasteiger partial charge in [0.25, 0.3) is 5.69 Å². The van der Waals surface area contributed by atoms with Crippen LogP contribution >= 0.6 is 15.9 Å². The van der Waals surface area contributed by atoms with Gasteiger partial charge in [0.1, 0.15) is 10.3 Å². The monoisotopic (exact) mass is 337 g/mol. The Morgan fingerprint density at radius 2 is 2.11 bits per heavy atom. The summed E-state index contributed by atoms with van der Waals surface area (Å²) in [4.78, 5) is 9.99. The van der Waals surface area contributed by atoms with Gasteiger partial charge in [-0.15, -0.1) is 0 Å². The number of benzene rings is 1. The van der Waals surface area contributed by atoms with E-state index in [-0.39, 0.29) is 17.0 Å². The molecule has 0 bridgehead atoms.